The van der Waals surface area contributed by atoms with E-state index in [9.17, 15) is 9.59 Å². The molecule has 0 aromatic rings. The molecular weight excluding hydrogens is 190 g/mol. The summed E-state index contributed by atoms with van der Waals surface area (Å²) in [7, 11) is 0. The van der Waals surface area contributed by atoms with Gasteiger partial charge in [0.1, 0.15) is 0 Å². The number of hydrogen-bond donors (Lipinski definition) is 3. The lowest BCUT2D eigenvalue weighted by Crippen LogP contribution is -2.37. The fourth-order valence-corrected chi connectivity index (χ4v) is 0.698. The second kappa shape index (κ2) is 5.47. The molecule has 5 nitrogen and oxygen atoms in total. The molecule has 5 N–H and O–H groups in total. The van der Waals surface area contributed by atoms with E-state index in [1.165, 1.54) is 0 Å². The van der Waals surface area contributed by atoms with Crippen LogP contribution in [0.1, 0.15) is 13.3 Å². The summed E-state index contributed by atoms with van der Waals surface area (Å²) in [5.74, 6) is -1.25. The van der Waals surface area contributed by atoms with Crippen LogP contribution in [-0.2, 0) is 9.59 Å². The van der Waals surface area contributed by atoms with E-state index in [4.69, 9.17) is 11.5 Å². The van der Waals surface area contributed by atoms with Gasteiger partial charge in [0, 0.05) is 13.0 Å². The molecule has 0 aliphatic carbocycles. The van der Waals surface area contributed by atoms with Crippen molar-refractivity contribution in [1.29, 1.82) is 0 Å². The van der Waals surface area contributed by atoms with Crippen LogP contribution in [0.2, 0.25) is 0 Å². The minimum atomic E-state index is -0.511. The van der Waals surface area contributed by atoms with Crippen molar-refractivity contribution in [1.82, 2.24) is 5.32 Å². The number of hydrogen-bond acceptors (Lipinski definition) is 3. The summed E-state index contributed by atoms with van der Waals surface area (Å²) < 4.78 is 0. The molecule has 2 amide bonds. The minimum Gasteiger partial charge on any atom is -0.393 e. The van der Waals surface area contributed by atoms with Crippen LogP contribution in [0.25, 0.3) is 0 Å². The molecule has 13 heavy (non-hydrogen) atoms. The lowest BCUT2D eigenvalue weighted by atomic mass is 10.1. The first-order chi connectivity index (χ1) is 5.95. The zero-order valence-corrected chi connectivity index (χ0v) is 8.19. The maximum Gasteiger partial charge on any atom is 0.229 e. The van der Waals surface area contributed by atoms with Crippen LogP contribution in [0.3, 0.4) is 0 Å². The van der Waals surface area contributed by atoms with Crippen molar-refractivity contribution in [3.63, 3.8) is 0 Å². The van der Waals surface area contributed by atoms with E-state index in [0.29, 0.717) is 0 Å². The summed E-state index contributed by atoms with van der Waals surface area (Å²) in [5.41, 5.74) is 10.1. The number of thiocarbonyl (C=S) groups is 1. The molecule has 6 heteroatoms. The molecule has 0 fully saturated rings. The largest absolute Gasteiger partial charge is 0.393 e. The maximum absolute atomic E-state index is 11.1. The van der Waals surface area contributed by atoms with Crippen LogP contribution >= 0.6 is 12.2 Å². The number of carbonyl (C=O) groups is 2. The predicted octanol–water partition coefficient (Wildman–Crippen LogP) is -1.10. The standard InChI is InChI=1S/C7H13N3O2S/c1-4(6(9)13)7(12)10-3-2-5(8)11/h4H,2-3H2,1H3,(H2,8,11)(H2,9,13)(H,10,12). The SMILES string of the molecule is CC(C(=O)NCCC(N)=O)C(N)=S. The lowest BCUT2D eigenvalue weighted by molar-refractivity contribution is -0.122. The Balaban J connectivity index is 3.75. The summed E-state index contributed by atoms with van der Waals surface area (Å²) in [4.78, 5) is 21.6. The van der Waals surface area contributed by atoms with Crippen LogP contribution in [0.15, 0.2) is 0 Å². The Hall–Kier alpha value is -1.17. The number of nitrogens with two attached hydrogens (primary N) is 2. The van der Waals surface area contributed by atoms with Gasteiger partial charge in [0.2, 0.25) is 11.8 Å². The second-order valence-corrected chi connectivity index (χ2v) is 3.10. The molecule has 0 aromatic carbocycles. The first-order valence-corrected chi connectivity index (χ1v) is 4.21. The summed E-state index contributed by atoms with van der Waals surface area (Å²) in [6.07, 6.45) is 0.121. The van der Waals surface area contributed by atoms with Crippen LogP contribution in [0.5, 0.6) is 0 Å². The van der Waals surface area contributed by atoms with E-state index >= 15 is 0 Å². The molecule has 0 aliphatic rings. The molecule has 0 bridgehead atoms. The van der Waals surface area contributed by atoms with Gasteiger partial charge in [0.25, 0.3) is 0 Å². The highest BCUT2D eigenvalue weighted by Gasteiger charge is 2.14. The van der Waals surface area contributed by atoms with Gasteiger partial charge in [-0.3, -0.25) is 9.59 Å². The molecule has 0 radical (unpaired) electrons. The van der Waals surface area contributed by atoms with E-state index in [0.717, 1.165) is 0 Å². The molecule has 1 atom stereocenters. The van der Waals surface area contributed by atoms with E-state index in [2.05, 4.69) is 17.5 Å². The van der Waals surface area contributed by atoms with Crippen molar-refractivity contribution in [2.75, 3.05) is 6.54 Å². The fourth-order valence-electron chi connectivity index (χ4n) is 0.591. The molecule has 0 saturated carbocycles. The van der Waals surface area contributed by atoms with Gasteiger partial charge in [-0.15, -0.1) is 0 Å². The molecule has 74 valence electrons. The van der Waals surface area contributed by atoms with Crippen molar-refractivity contribution in [3.8, 4) is 0 Å². The third kappa shape index (κ3) is 5.13. The number of carbonyl (C=O) groups excluding carboxylic acids is 2. The molecule has 0 aliphatic heterocycles. The third-order valence-electron chi connectivity index (χ3n) is 1.49. The van der Waals surface area contributed by atoms with Gasteiger partial charge in [-0.1, -0.05) is 12.2 Å². The van der Waals surface area contributed by atoms with Crippen molar-refractivity contribution >= 4 is 29.0 Å². The smallest absolute Gasteiger partial charge is 0.229 e. The Morgan fingerprint density at radius 1 is 1.46 bits per heavy atom. The summed E-state index contributed by atoms with van der Waals surface area (Å²) in [6.45, 7) is 1.82. The first-order valence-electron chi connectivity index (χ1n) is 3.80. The molecule has 0 aromatic heterocycles. The van der Waals surface area contributed by atoms with Gasteiger partial charge in [0.05, 0.1) is 10.9 Å². The monoisotopic (exact) mass is 203 g/mol. The molecule has 1 unspecified atom stereocenters. The van der Waals surface area contributed by atoms with Crippen LogP contribution in [0, 0.1) is 5.92 Å². The van der Waals surface area contributed by atoms with E-state index in [-0.39, 0.29) is 23.9 Å². The fraction of sp³-hybridized carbons (Fsp3) is 0.571. The summed E-state index contributed by atoms with van der Waals surface area (Å²) in [5, 5.41) is 2.49. The zero-order chi connectivity index (χ0) is 10.4. The van der Waals surface area contributed by atoms with E-state index in [1.807, 2.05) is 0 Å². The highest BCUT2D eigenvalue weighted by Crippen LogP contribution is 1.94. The summed E-state index contributed by atoms with van der Waals surface area (Å²) in [6, 6.07) is 0. The highest BCUT2D eigenvalue weighted by atomic mass is 32.1. The van der Waals surface area contributed by atoms with E-state index in [1.54, 1.807) is 6.92 Å². The molecule has 0 rings (SSSR count). The zero-order valence-electron chi connectivity index (χ0n) is 7.37. The Morgan fingerprint density at radius 3 is 2.38 bits per heavy atom. The van der Waals surface area contributed by atoms with Crippen LogP contribution < -0.4 is 16.8 Å². The van der Waals surface area contributed by atoms with Gasteiger partial charge < -0.3 is 16.8 Å². The van der Waals surface area contributed by atoms with Crippen molar-refractivity contribution in [3.05, 3.63) is 0 Å². The Kier molecular flexibility index (Phi) is 4.98. The van der Waals surface area contributed by atoms with Crippen LogP contribution in [0.4, 0.5) is 0 Å². The third-order valence-corrected chi connectivity index (χ3v) is 1.84. The van der Waals surface area contributed by atoms with Gasteiger partial charge in [-0.2, -0.15) is 0 Å². The average molecular weight is 203 g/mol. The molecule has 0 spiro atoms. The maximum atomic E-state index is 11.1. The predicted molar refractivity (Wildman–Crippen MR) is 52.8 cm³/mol. The Bertz CT molecular complexity index is 230. The number of rotatable bonds is 5. The number of amides is 2. The lowest BCUT2D eigenvalue weighted by Gasteiger charge is -2.09. The van der Waals surface area contributed by atoms with Gasteiger partial charge >= 0.3 is 0 Å². The van der Waals surface area contributed by atoms with Crippen molar-refractivity contribution in [2.45, 2.75) is 13.3 Å². The quantitative estimate of drug-likeness (QED) is 0.494. The van der Waals surface area contributed by atoms with Crippen LogP contribution in [-0.4, -0.2) is 23.3 Å². The molecular formula is C7H13N3O2S. The van der Waals surface area contributed by atoms with E-state index < -0.39 is 11.8 Å². The normalized spacial score (nSPS) is 11.8. The molecule has 0 saturated heterocycles. The van der Waals surface area contributed by atoms with Gasteiger partial charge in [-0.25, -0.2) is 0 Å². The number of nitrogens with one attached hydrogen (secondary N) is 1. The van der Waals surface area contributed by atoms with Crippen molar-refractivity contribution in [2.24, 2.45) is 17.4 Å². The van der Waals surface area contributed by atoms with Gasteiger partial charge in [0.15, 0.2) is 0 Å². The summed E-state index contributed by atoms with van der Waals surface area (Å²) >= 11 is 4.62. The minimum absolute atomic E-state index is 0.121. The highest BCUT2D eigenvalue weighted by molar-refractivity contribution is 7.80. The first kappa shape index (κ1) is 11.8. The second-order valence-electron chi connectivity index (χ2n) is 2.63. The van der Waals surface area contributed by atoms with Crippen molar-refractivity contribution < 1.29 is 9.59 Å². The Morgan fingerprint density at radius 2 is 2.00 bits per heavy atom. The Labute approximate surface area is 81.8 Å². The molecule has 0 heterocycles. The average Bonchev–Trinajstić information content (AvgIpc) is 2.02. The topological polar surface area (TPSA) is 98.2 Å². The number of primary amides is 1. The van der Waals surface area contributed by atoms with Gasteiger partial charge in [-0.05, 0) is 6.92 Å².